The number of aromatic nitrogens is 2. The van der Waals surface area contributed by atoms with E-state index in [2.05, 4.69) is 61.0 Å². The van der Waals surface area contributed by atoms with Crippen LogP contribution in [-0.4, -0.2) is 172 Å². The Kier molecular flexibility index (Phi) is 33.9. The van der Waals surface area contributed by atoms with Crippen LogP contribution in [0.15, 0.2) is 86.2 Å². The number of carbonyl (C=O) groups is 12. The molecular weight excluding hydrogens is 1330 g/mol. The van der Waals surface area contributed by atoms with Crippen LogP contribution in [0.3, 0.4) is 0 Å². The third kappa shape index (κ3) is 29.2. The maximum atomic E-state index is 15.3. The third-order valence-corrected chi connectivity index (χ3v) is 15.8. The predicted octanol–water partition coefficient (Wildman–Crippen LogP) is 7.32. The van der Waals surface area contributed by atoms with Gasteiger partial charge < -0.3 is 77.6 Å². The largest absolute Gasteiger partial charge is 0.480 e. The van der Waals surface area contributed by atoms with E-state index in [0.29, 0.717) is 32.9 Å². The zero-order chi connectivity index (χ0) is 77.1. The minimum absolute atomic E-state index is 0.0206. The van der Waals surface area contributed by atoms with Gasteiger partial charge in [0.1, 0.15) is 66.7 Å². The smallest absolute Gasteiger partial charge is 0.419 e. The molecule has 0 fully saturated rings. The van der Waals surface area contributed by atoms with E-state index in [4.69, 9.17) is 24.7 Å². The van der Waals surface area contributed by atoms with Crippen LogP contribution in [0.1, 0.15) is 159 Å². The van der Waals surface area contributed by atoms with Gasteiger partial charge in [-0.2, -0.15) is 0 Å². The highest BCUT2D eigenvalue weighted by Crippen LogP contribution is 2.27. The molecule has 2 aromatic carbocycles. The van der Waals surface area contributed by atoms with Crippen molar-refractivity contribution >= 4 is 93.5 Å². The zero-order valence-electron chi connectivity index (χ0n) is 62.1. The lowest BCUT2D eigenvalue weighted by Crippen LogP contribution is -2.60. The maximum Gasteiger partial charge on any atom is 0.419 e. The van der Waals surface area contributed by atoms with Gasteiger partial charge in [0.15, 0.2) is 0 Å². The number of ether oxygens (including phenoxy) is 4. The number of carbonyl (C=O) groups excluding carboxylic acids is 11. The Hall–Kier alpha value is -9.80. The van der Waals surface area contributed by atoms with Gasteiger partial charge in [0.05, 0.1) is 17.1 Å². The first-order valence-electron chi connectivity index (χ1n) is 35.1. The van der Waals surface area contributed by atoms with E-state index in [1.54, 1.807) is 138 Å². The van der Waals surface area contributed by atoms with Gasteiger partial charge in [0.2, 0.25) is 41.4 Å². The molecule has 0 radical (unpaired) electrons. The van der Waals surface area contributed by atoms with Crippen LogP contribution in [0.5, 0.6) is 0 Å². The number of fused-ring (bicyclic) bond motifs is 2. The summed E-state index contributed by atoms with van der Waals surface area (Å²) < 4.78 is 24.0. The number of benzene rings is 2. The Bertz CT molecular complexity index is 3600. The standard InChI is InChI=1S/C74H110N12O17/c1-17-33-100-69(96)76-31-23-27-52(78-64(90)54(35-43(3)4)80-61(87)51(75)39-47-41-85(71(98)102-73(11,12)13)59-29-21-19-25-49(47)59)62(88)81-56(37-45(7)8)66(92)83-57(40-48-42-86(72(99)103-74(14,15)16)60-30-22-20-26-50(48)60)67(93)82-55(36-44(5)6)65(91)79-53(28-24-32-77-70(97)101-34-18-2)63(89)84-58(68(94)95)38-46(9)10/h17-22,25-26,29-30,41-46,51-58H,1-2,23-24,27-28,31-40,75H2,3-16H3,(H,76,96)(H,77,97)(H,78,90)(H,79,91)(H,80,87)(H,81,88)(H,82,93)(H,83,92)(H,84,89)(H,94,95)/t51-,52-,53-,54+,55+,56+,57-,58+/m0/s1. The number of alkyl carbamates (subject to hydrolysis) is 2. The molecule has 0 aliphatic heterocycles. The van der Waals surface area contributed by atoms with Crippen LogP contribution < -0.4 is 53.6 Å². The second-order valence-corrected chi connectivity index (χ2v) is 29.3. The fourth-order valence-corrected chi connectivity index (χ4v) is 11.1. The Morgan fingerprint density at radius 2 is 0.767 bits per heavy atom. The molecule has 0 saturated carbocycles. The lowest BCUT2D eigenvalue weighted by molar-refractivity contribution is -0.143. The topological polar surface area (TPSA) is 406 Å². The second-order valence-electron chi connectivity index (χ2n) is 29.3. The van der Waals surface area contributed by atoms with Crippen molar-refractivity contribution in [2.24, 2.45) is 29.4 Å². The van der Waals surface area contributed by atoms with Crippen molar-refractivity contribution in [2.75, 3.05) is 26.3 Å². The summed E-state index contributed by atoms with van der Waals surface area (Å²) in [6, 6.07) is 2.64. The van der Waals surface area contributed by atoms with Crippen molar-refractivity contribution in [2.45, 2.75) is 221 Å². The monoisotopic (exact) mass is 1440 g/mol. The zero-order valence-corrected chi connectivity index (χ0v) is 62.1. The lowest BCUT2D eigenvalue weighted by Gasteiger charge is -2.29. The number of hydrogen-bond acceptors (Lipinski definition) is 17. The van der Waals surface area contributed by atoms with Crippen molar-refractivity contribution in [1.29, 1.82) is 0 Å². The van der Waals surface area contributed by atoms with E-state index >= 15 is 14.4 Å². The molecule has 103 heavy (non-hydrogen) atoms. The molecule has 0 bridgehead atoms. The SMILES string of the molecule is C=CCOC(=O)NCCC[C@H](NC(=O)[C@@H](CC(C)C)NC(=O)[C@H](Cc1cn(C(=O)OC(C)(C)C)c2ccccc12)NC(=O)[C@@H](CC(C)C)NC(=O)[C@H](CCCNC(=O)OCC=C)NC(=O)[C@@H](CC(C)C)NC(=O)[C@@H](N)Cc1cn(C(=O)OC(C)(C)C)c2ccccc12)C(=O)N[C@H](CC(C)C)C(=O)O. The molecule has 9 amide bonds. The normalized spacial score (nSPS) is 14.0. The van der Waals surface area contributed by atoms with E-state index in [-0.39, 0.29) is 114 Å². The number of rotatable bonds is 39. The van der Waals surface area contributed by atoms with Gasteiger partial charge in [-0.15, -0.1) is 0 Å². The van der Waals surface area contributed by atoms with Crippen LogP contribution in [0, 0.1) is 23.7 Å². The van der Waals surface area contributed by atoms with Gasteiger partial charge in [-0.1, -0.05) is 117 Å². The number of carboxylic acids is 1. The number of aliphatic carboxylic acids is 1. The molecule has 568 valence electrons. The van der Waals surface area contributed by atoms with Crippen molar-refractivity contribution in [3.63, 3.8) is 0 Å². The summed E-state index contributed by atoms with van der Waals surface area (Å²) in [5.41, 5.74) is 6.68. The van der Waals surface area contributed by atoms with E-state index in [9.17, 15) is 48.3 Å². The Balaban J connectivity index is 1.77. The molecule has 2 heterocycles. The highest BCUT2D eigenvalue weighted by Gasteiger charge is 2.37. The molecule has 0 aliphatic rings. The number of carboxylic acid groups (broad SMARTS) is 1. The minimum atomic E-state index is -1.60. The van der Waals surface area contributed by atoms with Gasteiger partial charge >= 0.3 is 30.3 Å². The molecule has 0 aliphatic carbocycles. The van der Waals surface area contributed by atoms with Crippen molar-refractivity contribution in [3.8, 4) is 0 Å². The molecule has 8 atom stereocenters. The van der Waals surface area contributed by atoms with E-state index in [0.717, 1.165) is 0 Å². The molecule has 12 N–H and O–H groups in total. The Morgan fingerprint density at radius 1 is 0.456 bits per heavy atom. The molecule has 2 aromatic heterocycles. The fraction of sp³-hybridized carbons (Fsp3) is 0.568. The molecule has 4 aromatic rings. The first-order chi connectivity index (χ1) is 48.3. The summed E-state index contributed by atoms with van der Waals surface area (Å²) in [5.74, 6) is -8.19. The van der Waals surface area contributed by atoms with Crippen LogP contribution >= 0.6 is 0 Å². The number of nitrogens with two attached hydrogens (primary N) is 1. The lowest BCUT2D eigenvalue weighted by atomic mass is 9.98. The minimum Gasteiger partial charge on any atom is -0.480 e. The van der Waals surface area contributed by atoms with E-state index < -0.39 is 131 Å². The highest BCUT2D eigenvalue weighted by atomic mass is 16.6. The van der Waals surface area contributed by atoms with Crippen molar-refractivity contribution < 1.29 is 81.6 Å². The Labute approximate surface area is 603 Å². The van der Waals surface area contributed by atoms with Gasteiger partial charge in [-0.3, -0.25) is 42.7 Å². The molecule has 29 nitrogen and oxygen atoms in total. The van der Waals surface area contributed by atoms with Crippen molar-refractivity contribution in [1.82, 2.24) is 57.0 Å². The van der Waals surface area contributed by atoms with E-state index in [1.165, 1.54) is 27.5 Å². The number of hydrogen-bond donors (Lipinski definition) is 11. The van der Waals surface area contributed by atoms with Crippen LogP contribution in [0.2, 0.25) is 0 Å². The van der Waals surface area contributed by atoms with Gasteiger partial charge in [0.25, 0.3) is 0 Å². The fourth-order valence-electron chi connectivity index (χ4n) is 11.1. The first kappa shape index (κ1) is 85.6. The third-order valence-electron chi connectivity index (χ3n) is 15.8. The number of nitrogens with one attached hydrogen (secondary N) is 9. The Morgan fingerprint density at radius 3 is 1.13 bits per heavy atom. The average Bonchev–Trinajstić information content (AvgIpc) is 1.65. The summed E-state index contributed by atoms with van der Waals surface area (Å²) in [5, 5.41) is 35.5. The molecule has 4 rings (SSSR count). The second kappa shape index (κ2) is 40.7. The van der Waals surface area contributed by atoms with Gasteiger partial charge in [0, 0.05) is 42.7 Å². The van der Waals surface area contributed by atoms with E-state index in [1.807, 2.05) is 13.8 Å². The molecule has 0 saturated heterocycles. The summed E-state index contributed by atoms with van der Waals surface area (Å²) >= 11 is 0. The summed E-state index contributed by atoms with van der Waals surface area (Å²) in [7, 11) is 0. The number of para-hydroxylation sites is 2. The number of amides is 9. The summed E-state index contributed by atoms with van der Waals surface area (Å²) in [6.07, 6.45) is 2.35. The average molecular weight is 1440 g/mol. The van der Waals surface area contributed by atoms with Crippen molar-refractivity contribution in [3.05, 3.63) is 97.4 Å². The maximum absolute atomic E-state index is 15.3. The first-order valence-corrected chi connectivity index (χ1v) is 35.1. The van der Waals surface area contributed by atoms with Crippen LogP contribution in [0.4, 0.5) is 19.2 Å². The van der Waals surface area contributed by atoms with Crippen LogP contribution in [0.25, 0.3) is 21.8 Å². The van der Waals surface area contributed by atoms with Crippen LogP contribution in [-0.2, 0) is 70.1 Å². The number of nitrogens with zero attached hydrogens (tertiary/aromatic N) is 2. The highest BCUT2D eigenvalue weighted by molar-refractivity contribution is 5.99. The molecular formula is C74H110N12O17. The molecule has 0 unspecified atom stereocenters. The quantitative estimate of drug-likeness (QED) is 0.0118. The summed E-state index contributed by atoms with van der Waals surface area (Å²) in [4.78, 5) is 168. The van der Waals surface area contributed by atoms with Gasteiger partial charge in [-0.05, 0) is 146 Å². The predicted molar refractivity (Wildman–Crippen MR) is 389 cm³/mol. The van der Waals surface area contributed by atoms with Gasteiger partial charge in [-0.25, -0.2) is 24.0 Å². The molecule has 29 heteroatoms. The summed E-state index contributed by atoms with van der Waals surface area (Å²) in [6.45, 7) is 31.4. The molecule has 0 spiro atoms.